The van der Waals surface area contributed by atoms with Crippen LogP contribution in [0.5, 0.6) is 0 Å². The third kappa shape index (κ3) is 3.49. The van der Waals surface area contributed by atoms with Crippen LogP contribution in [-0.4, -0.2) is 17.7 Å². The Morgan fingerprint density at radius 1 is 1.35 bits per heavy atom. The van der Waals surface area contributed by atoms with E-state index in [4.69, 9.17) is 4.74 Å². The fourth-order valence-electron chi connectivity index (χ4n) is 1.50. The van der Waals surface area contributed by atoms with Crippen molar-refractivity contribution in [3.63, 3.8) is 0 Å². The maximum atomic E-state index is 11.3. The number of carbonyl (C=O) groups excluding carboxylic acids is 1. The van der Waals surface area contributed by atoms with Crippen molar-refractivity contribution in [3.8, 4) is 0 Å². The topological polar surface area (TPSA) is 43.1 Å². The van der Waals surface area contributed by atoms with Crippen molar-refractivity contribution in [1.82, 2.24) is 5.10 Å². The third-order valence-corrected chi connectivity index (χ3v) is 2.23. The highest BCUT2D eigenvalue weighted by Gasteiger charge is 2.12. The van der Waals surface area contributed by atoms with E-state index in [0.717, 1.165) is 10.8 Å². The van der Waals surface area contributed by atoms with Crippen LogP contribution in [0.15, 0.2) is 36.7 Å². The van der Waals surface area contributed by atoms with Crippen LogP contribution in [0.1, 0.15) is 6.92 Å². The summed E-state index contributed by atoms with van der Waals surface area (Å²) in [5, 5.41) is 6.26. The predicted molar refractivity (Wildman–Crippen MR) is 58.6 cm³/mol. The minimum Gasteiger partial charge on any atom is -1.00 e. The smallest absolute Gasteiger partial charge is 0.375 e. The van der Waals surface area contributed by atoms with Gasteiger partial charge in [-0.05, 0) is 18.1 Å². The largest absolute Gasteiger partial charge is 1.00 e. The van der Waals surface area contributed by atoms with E-state index in [2.05, 4.69) is 5.10 Å². The SMILES string of the molecule is CCOC(=O)C[n+]1cc2ccccc2cn1.[Br-]. The molecule has 2 aromatic rings. The van der Waals surface area contributed by atoms with Crippen LogP contribution < -0.4 is 21.7 Å². The van der Waals surface area contributed by atoms with Crippen molar-refractivity contribution in [2.75, 3.05) is 6.61 Å². The molecule has 90 valence electrons. The number of benzene rings is 1. The molecule has 0 bridgehead atoms. The van der Waals surface area contributed by atoms with E-state index in [0.29, 0.717) is 6.61 Å². The molecule has 0 unspecified atom stereocenters. The van der Waals surface area contributed by atoms with Crippen LogP contribution in [0.3, 0.4) is 0 Å². The summed E-state index contributed by atoms with van der Waals surface area (Å²) >= 11 is 0. The summed E-state index contributed by atoms with van der Waals surface area (Å²) in [6.45, 7) is 2.34. The van der Waals surface area contributed by atoms with Gasteiger partial charge in [-0.15, -0.1) is 0 Å². The first-order valence-electron chi connectivity index (χ1n) is 5.19. The van der Waals surface area contributed by atoms with Gasteiger partial charge in [0, 0.05) is 10.8 Å². The van der Waals surface area contributed by atoms with Crippen LogP contribution in [0.2, 0.25) is 0 Å². The molecule has 0 saturated heterocycles. The average Bonchev–Trinajstić information content (AvgIpc) is 2.29. The van der Waals surface area contributed by atoms with Gasteiger partial charge in [-0.2, -0.15) is 0 Å². The lowest BCUT2D eigenvalue weighted by Crippen LogP contribution is -3.00. The third-order valence-electron chi connectivity index (χ3n) is 2.23. The number of fused-ring (bicyclic) bond motifs is 1. The van der Waals surface area contributed by atoms with Crippen LogP contribution in [-0.2, 0) is 16.1 Å². The van der Waals surface area contributed by atoms with E-state index < -0.39 is 0 Å². The molecule has 17 heavy (non-hydrogen) atoms. The quantitative estimate of drug-likeness (QED) is 0.490. The van der Waals surface area contributed by atoms with Gasteiger partial charge in [0.15, 0.2) is 0 Å². The average molecular weight is 297 g/mol. The van der Waals surface area contributed by atoms with Crippen LogP contribution in [0, 0.1) is 0 Å². The molecule has 0 saturated carbocycles. The second kappa shape index (κ2) is 6.30. The van der Waals surface area contributed by atoms with Gasteiger partial charge in [0.05, 0.1) is 6.61 Å². The summed E-state index contributed by atoms with van der Waals surface area (Å²) in [6, 6.07) is 7.88. The number of esters is 1. The first-order chi connectivity index (χ1) is 7.79. The molecular formula is C12H13BrN2O2. The lowest BCUT2D eigenvalue weighted by Gasteiger charge is -1.97. The number of aromatic nitrogens is 2. The Morgan fingerprint density at radius 3 is 2.76 bits per heavy atom. The van der Waals surface area contributed by atoms with Crippen molar-refractivity contribution in [2.45, 2.75) is 13.5 Å². The van der Waals surface area contributed by atoms with Gasteiger partial charge in [0.2, 0.25) is 6.20 Å². The zero-order chi connectivity index (χ0) is 11.4. The molecule has 5 heteroatoms. The van der Waals surface area contributed by atoms with Gasteiger partial charge in [0.1, 0.15) is 6.20 Å². The zero-order valence-electron chi connectivity index (χ0n) is 9.47. The highest BCUT2D eigenvalue weighted by Crippen LogP contribution is 2.08. The first kappa shape index (κ1) is 13.6. The Hall–Kier alpha value is -1.49. The fourth-order valence-corrected chi connectivity index (χ4v) is 1.50. The molecule has 0 atom stereocenters. The Morgan fingerprint density at radius 2 is 2.06 bits per heavy atom. The summed E-state index contributed by atoms with van der Waals surface area (Å²) in [7, 11) is 0. The molecule has 0 N–H and O–H groups in total. The van der Waals surface area contributed by atoms with Crippen molar-refractivity contribution in [1.29, 1.82) is 0 Å². The summed E-state index contributed by atoms with van der Waals surface area (Å²) in [4.78, 5) is 11.3. The minimum absolute atomic E-state index is 0. The number of ether oxygens (including phenoxy) is 1. The van der Waals surface area contributed by atoms with Crippen LogP contribution >= 0.6 is 0 Å². The lowest BCUT2D eigenvalue weighted by atomic mass is 10.2. The van der Waals surface area contributed by atoms with Gasteiger partial charge in [-0.25, -0.2) is 4.79 Å². The molecular weight excluding hydrogens is 284 g/mol. The van der Waals surface area contributed by atoms with E-state index in [1.165, 1.54) is 0 Å². The number of hydrogen-bond donors (Lipinski definition) is 0. The monoisotopic (exact) mass is 296 g/mol. The number of hydrogen-bond acceptors (Lipinski definition) is 3. The Labute approximate surface area is 110 Å². The van der Waals surface area contributed by atoms with Crippen LogP contribution in [0.25, 0.3) is 10.8 Å². The van der Waals surface area contributed by atoms with Crippen molar-refractivity contribution < 1.29 is 31.2 Å². The zero-order valence-corrected chi connectivity index (χ0v) is 11.1. The van der Waals surface area contributed by atoms with E-state index in [1.807, 2.05) is 30.5 Å². The molecule has 1 heterocycles. The molecule has 0 amide bonds. The van der Waals surface area contributed by atoms with Crippen molar-refractivity contribution >= 4 is 16.7 Å². The van der Waals surface area contributed by atoms with Gasteiger partial charge in [-0.3, -0.25) is 0 Å². The number of halogens is 1. The second-order valence-electron chi connectivity index (χ2n) is 3.41. The summed E-state index contributed by atoms with van der Waals surface area (Å²) in [5.41, 5.74) is 0. The second-order valence-corrected chi connectivity index (χ2v) is 3.41. The molecule has 0 aliphatic carbocycles. The summed E-state index contributed by atoms with van der Waals surface area (Å²) in [6.07, 6.45) is 3.58. The standard InChI is InChI=1S/C12H13N2O2.BrH/c1-2-16-12(15)9-14-8-11-6-4-3-5-10(11)7-13-14;/h3-8H,2,9H2,1H3;1H/q+1;/p-1. The molecule has 0 spiro atoms. The molecule has 2 rings (SSSR count). The molecule has 4 nitrogen and oxygen atoms in total. The van der Waals surface area contributed by atoms with Crippen molar-refractivity contribution in [3.05, 3.63) is 36.7 Å². The van der Waals surface area contributed by atoms with Crippen molar-refractivity contribution in [2.24, 2.45) is 0 Å². The van der Waals surface area contributed by atoms with E-state index in [-0.39, 0.29) is 29.5 Å². The van der Waals surface area contributed by atoms with E-state index in [9.17, 15) is 4.79 Å². The normalized spacial score (nSPS) is 9.71. The summed E-state index contributed by atoms with van der Waals surface area (Å²) < 4.78 is 6.44. The number of nitrogens with zero attached hydrogens (tertiary/aromatic N) is 2. The van der Waals surface area contributed by atoms with Gasteiger partial charge < -0.3 is 21.7 Å². The maximum Gasteiger partial charge on any atom is 0.375 e. The van der Waals surface area contributed by atoms with Crippen LogP contribution in [0.4, 0.5) is 0 Å². The Bertz CT molecular complexity index is 517. The molecule has 0 aliphatic rings. The first-order valence-corrected chi connectivity index (χ1v) is 5.19. The number of carbonyl (C=O) groups is 1. The van der Waals surface area contributed by atoms with E-state index in [1.54, 1.807) is 17.8 Å². The van der Waals surface area contributed by atoms with Gasteiger partial charge in [0.25, 0.3) is 6.54 Å². The van der Waals surface area contributed by atoms with Gasteiger partial charge >= 0.3 is 5.97 Å². The predicted octanol–water partition coefficient (Wildman–Crippen LogP) is -1.91. The molecule has 1 aromatic carbocycles. The fraction of sp³-hybridized carbons (Fsp3) is 0.250. The molecule has 0 aliphatic heterocycles. The Balaban J connectivity index is 0.00000144. The molecule has 0 fully saturated rings. The molecule has 1 aromatic heterocycles. The van der Waals surface area contributed by atoms with Gasteiger partial charge in [-0.1, -0.05) is 22.9 Å². The minimum atomic E-state index is -0.268. The Kier molecular flexibility index (Phi) is 5.03. The summed E-state index contributed by atoms with van der Waals surface area (Å²) in [5.74, 6) is -0.268. The van der Waals surface area contributed by atoms with E-state index >= 15 is 0 Å². The highest BCUT2D eigenvalue weighted by molar-refractivity contribution is 5.79. The highest BCUT2D eigenvalue weighted by atomic mass is 79.9. The molecule has 0 radical (unpaired) electrons. The lowest BCUT2D eigenvalue weighted by molar-refractivity contribution is -0.742. The maximum absolute atomic E-state index is 11.3. The number of rotatable bonds is 3.